The van der Waals surface area contributed by atoms with Gasteiger partial charge < -0.3 is 9.47 Å². The van der Waals surface area contributed by atoms with Crippen molar-refractivity contribution in [2.24, 2.45) is 5.10 Å². The van der Waals surface area contributed by atoms with Crippen molar-refractivity contribution in [2.45, 2.75) is 52.0 Å². The summed E-state index contributed by atoms with van der Waals surface area (Å²) in [6, 6.07) is 9.41. The first-order valence-electron chi connectivity index (χ1n) is 14.4. The lowest BCUT2D eigenvalue weighted by atomic mass is 9.95. The Balaban J connectivity index is 1.33. The SMILES string of the molecule is COc1ccc(C2CC(c3cccs3)=NN2C(=O)CN2CCN(S(=O)(=O)c3c(C)c(C)c(C)c(C)c3C)CC2)cc1OC. The smallest absolute Gasteiger partial charge is 0.257 e. The first-order chi connectivity index (χ1) is 20.5. The van der Waals surface area contributed by atoms with E-state index in [-0.39, 0.29) is 18.5 Å². The third-order valence-corrected chi connectivity index (χ3v) is 12.1. The molecule has 230 valence electrons. The van der Waals surface area contributed by atoms with Crippen molar-refractivity contribution in [3.63, 3.8) is 0 Å². The summed E-state index contributed by atoms with van der Waals surface area (Å²) in [7, 11) is -0.486. The number of nitrogens with zero attached hydrogens (tertiary/aromatic N) is 4. The van der Waals surface area contributed by atoms with Crippen molar-refractivity contribution >= 4 is 33.0 Å². The number of methoxy groups -OCH3 is 2. The molecule has 1 saturated heterocycles. The molecule has 3 aromatic rings. The van der Waals surface area contributed by atoms with Crippen molar-refractivity contribution in [1.29, 1.82) is 0 Å². The van der Waals surface area contributed by atoms with Crippen LogP contribution in [0.3, 0.4) is 0 Å². The van der Waals surface area contributed by atoms with Gasteiger partial charge in [0.25, 0.3) is 5.91 Å². The number of hydrogen-bond donors (Lipinski definition) is 0. The van der Waals surface area contributed by atoms with Crippen molar-refractivity contribution in [3.05, 3.63) is 74.0 Å². The van der Waals surface area contributed by atoms with Crippen molar-refractivity contribution in [2.75, 3.05) is 46.9 Å². The second-order valence-electron chi connectivity index (χ2n) is 11.2. The third-order valence-electron chi connectivity index (χ3n) is 8.98. The van der Waals surface area contributed by atoms with Gasteiger partial charge in [0, 0.05) is 32.6 Å². The molecule has 43 heavy (non-hydrogen) atoms. The molecule has 11 heteroatoms. The second kappa shape index (κ2) is 12.4. The number of sulfonamides is 1. The van der Waals surface area contributed by atoms with E-state index >= 15 is 0 Å². The monoisotopic (exact) mass is 624 g/mol. The van der Waals surface area contributed by atoms with E-state index in [1.165, 1.54) is 0 Å². The van der Waals surface area contributed by atoms with Gasteiger partial charge in [-0.3, -0.25) is 9.69 Å². The second-order valence-corrected chi connectivity index (χ2v) is 14.1. The highest BCUT2D eigenvalue weighted by Gasteiger charge is 2.37. The van der Waals surface area contributed by atoms with Gasteiger partial charge in [-0.2, -0.15) is 9.41 Å². The average Bonchev–Trinajstić information content (AvgIpc) is 3.70. The molecular weight excluding hydrogens is 585 g/mol. The molecule has 2 aliphatic heterocycles. The fourth-order valence-corrected chi connectivity index (χ4v) is 8.73. The first-order valence-corrected chi connectivity index (χ1v) is 16.7. The Morgan fingerprint density at radius 3 is 2.12 bits per heavy atom. The highest BCUT2D eigenvalue weighted by Crippen LogP contribution is 2.38. The molecule has 9 nitrogen and oxygen atoms in total. The standard InChI is InChI=1S/C32H40N4O5S2/c1-20-21(2)23(4)32(24(5)22(20)3)43(38,39)35-14-12-34(13-15-35)19-31(37)36-27(18-26(33-36)30-9-8-16-42-30)25-10-11-28(40-6)29(17-25)41-7/h8-11,16-17,27H,12-15,18-19H2,1-7H3. The van der Waals surface area contributed by atoms with Crippen LogP contribution in [0, 0.1) is 34.6 Å². The predicted octanol–water partition coefficient (Wildman–Crippen LogP) is 4.99. The number of carbonyl (C=O) groups is 1. The molecule has 1 atom stereocenters. The van der Waals surface area contributed by atoms with E-state index in [2.05, 4.69) is 0 Å². The molecule has 0 radical (unpaired) electrons. The topological polar surface area (TPSA) is 91.8 Å². The minimum absolute atomic E-state index is 0.126. The van der Waals surface area contributed by atoms with Gasteiger partial charge >= 0.3 is 0 Å². The van der Waals surface area contributed by atoms with E-state index in [1.54, 1.807) is 34.9 Å². The van der Waals surface area contributed by atoms with Gasteiger partial charge in [0.1, 0.15) is 0 Å². The van der Waals surface area contributed by atoms with Crippen molar-refractivity contribution < 1.29 is 22.7 Å². The Morgan fingerprint density at radius 1 is 0.907 bits per heavy atom. The Morgan fingerprint density at radius 2 is 1.53 bits per heavy atom. The number of ether oxygens (including phenoxy) is 2. The molecule has 5 rings (SSSR count). The molecule has 0 spiro atoms. The Hall–Kier alpha value is -3.25. The van der Waals surface area contributed by atoms with Gasteiger partial charge in [-0.1, -0.05) is 12.1 Å². The van der Waals surface area contributed by atoms with Crippen LogP contribution >= 0.6 is 11.3 Å². The van der Waals surface area contributed by atoms with Crippen LogP contribution in [0.4, 0.5) is 0 Å². The van der Waals surface area contributed by atoms with Crippen LogP contribution < -0.4 is 9.47 Å². The number of rotatable bonds is 8. The maximum atomic E-state index is 13.8. The Kier molecular flexibility index (Phi) is 8.99. The maximum absolute atomic E-state index is 13.8. The molecule has 0 N–H and O–H groups in total. The molecular formula is C32H40N4O5S2. The summed E-state index contributed by atoms with van der Waals surface area (Å²) < 4.78 is 40.2. The minimum Gasteiger partial charge on any atom is -0.493 e. The summed E-state index contributed by atoms with van der Waals surface area (Å²) in [5.41, 5.74) is 6.57. The lowest BCUT2D eigenvalue weighted by Crippen LogP contribution is -2.51. The summed E-state index contributed by atoms with van der Waals surface area (Å²) in [5, 5.41) is 8.39. The molecule has 1 fully saturated rings. The number of hydrazone groups is 1. The third kappa shape index (κ3) is 5.83. The highest BCUT2D eigenvalue weighted by molar-refractivity contribution is 7.89. The molecule has 1 unspecified atom stereocenters. The summed E-state index contributed by atoms with van der Waals surface area (Å²) >= 11 is 1.60. The number of benzene rings is 2. The van der Waals surface area contributed by atoms with E-state index in [1.807, 2.05) is 75.2 Å². The van der Waals surface area contributed by atoms with Crippen LogP contribution in [0.15, 0.2) is 45.7 Å². The molecule has 1 aromatic heterocycles. The zero-order chi connectivity index (χ0) is 31.1. The number of piperazine rings is 1. The zero-order valence-corrected chi connectivity index (χ0v) is 27.6. The van der Waals surface area contributed by atoms with E-state index in [0.717, 1.165) is 44.0 Å². The van der Waals surface area contributed by atoms with Crippen LogP contribution in [0.5, 0.6) is 11.5 Å². The fraction of sp³-hybridized carbons (Fsp3) is 0.438. The fourth-order valence-electron chi connectivity index (χ4n) is 6.02. The van der Waals surface area contributed by atoms with E-state index in [9.17, 15) is 13.2 Å². The summed E-state index contributed by atoms with van der Waals surface area (Å²) in [6.07, 6.45) is 0.585. The van der Waals surface area contributed by atoms with E-state index < -0.39 is 10.0 Å². The highest BCUT2D eigenvalue weighted by atomic mass is 32.2. The summed E-state index contributed by atoms with van der Waals surface area (Å²) in [6.45, 7) is 11.5. The number of carbonyl (C=O) groups excluding carboxylic acids is 1. The first kappa shape index (κ1) is 31.2. The molecule has 0 bridgehead atoms. The van der Waals surface area contributed by atoms with Crippen LogP contribution in [0.1, 0.15) is 50.7 Å². The van der Waals surface area contributed by atoms with Crippen molar-refractivity contribution in [1.82, 2.24) is 14.2 Å². The van der Waals surface area contributed by atoms with Crippen molar-refractivity contribution in [3.8, 4) is 11.5 Å². The molecule has 3 heterocycles. The Labute approximate surface area is 258 Å². The van der Waals surface area contributed by atoms with E-state index in [0.29, 0.717) is 49.0 Å². The van der Waals surface area contributed by atoms with E-state index in [4.69, 9.17) is 14.6 Å². The largest absolute Gasteiger partial charge is 0.493 e. The van der Waals surface area contributed by atoms with Gasteiger partial charge in [0.15, 0.2) is 11.5 Å². The number of thiophene rings is 1. The van der Waals surface area contributed by atoms with Crippen LogP contribution in [0.2, 0.25) is 0 Å². The maximum Gasteiger partial charge on any atom is 0.257 e. The number of amides is 1. The Bertz CT molecular complexity index is 1630. The molecule has 0 saturated carbocycles. The molecule has 0 aliphatic carbocycles. The predicted molar refractivity (Wildman–Crippen MR) is 170 cm³/mol. The molecule has 2 aromatic carbocycles. The lowest BCUT2D eigenvalue weighted by molar-refractivity contribution is -0.134. The molecule has 2 aliphatic rings. The van der Waals surface area contributed by atoms with Gasteiger partial charge in [0.2, 0.25) is 10.0 Å². The minimum atomic E-state index is -3.67. The van der Waals surface area contributed by atoms with Crippen LogP contribution in [-0.4, -0.2) is 81.2 Å². The van der Waals surface area contributed by atoms with Gasteiger partial charge in [-0.05, 0) is 91.6 Å². The average molecular weight is 625 g/mol. The lowest BCUT2D eigenvalue weighted by Gasteiger charge is -2.35. The normalized spacial score (nSPS) is 18.2. The zero-order valence-electron chi connectivity index (χ0n) is 25.9. The summed E-state index contributed by atoms with van der Waals surface area (Å²) in [4.78, 5) is 17.3. The quantitative estimate of drug-likeness (QED) is 0.351. The molecule has 1 amide bonds. The summed E-state index contributed by atoms with van der Waals surface area (Å²) in [5.74, 6) is 1.09. The van der Waals surface area contributed by atoms with Gasteiger partial charge in [-0.25, -0.2) is 13.4 Å². The van der Waals surface area contributed by atoms with Crippen LogP contribution in [0.25, 0.3) is 0 Å². The van der Waals surface area contributed by atoms with Gasteiger partial charge in [-0.15, -0.1) is 11.3 Å². The van der Waals surface area contributed by atoms with Gasteiger partial charge in [0.05, 0.1) is 42.3 Å². The van der Waals surface area contributed by atoms with Crippen LogP contribution in [-0.2, 0) is 14.8 Å². The number of hydrogen-bond acceptors (Lipinski definition) is 8.